The van der Waals surface area contributed by atoms with Gasteiger partial charge in [0.15, 0.2) is 0 Å². The highest BCUT2D eigenvalue weighted by Gasteiger charge is 2.33. The zero-order chi connectivity index (χ0) is 20.6. The molecule has 2 heterocycles. The Hall–Kier alpha value is -2.02. The number of hydrogen-bond acceptors (Lipinski definition) is 3. The molecule has 2 aromatic rings. The van der Waals surface area contributed by atoms with Gasteiger partial charge in [-0.15, -0.1) is 0 Å². The summed E-state index contributed by atoms with van der Waals surface area (Å²) in [6, 6.07) is 5.89. The third kappa shape index (κ3) is 4.19. The molecule has 1 fully saturated rings. The molecule has 0 saturated carbocycles. The second kappa shape index (κ2) is 7.78. The smallest absolute Gasteiger partial charge is 0.410 e. The zero-order valence-electron chi connectivity index (χ0n) is 17.2. The van der Waals surface area contributed by atoms with Crippen molar-refractivity contribution < 1.29 is 14.3 Å². The maximum absolute atomic E-state index is 13.2. The standard InChI is InChI=1S/C21H28BrN3O3/c1-6-23-13-17(16-8-7-15(22)11-18(16)23)19(26)24-9-10-25(14(2)12-24)20(27)28-21(3,4)5/h7-8,11,13-14H,6,9-10,12H2,1-5H3/t14-/m1/s1. The van der Waals surface area contributed by atoms with Gasteiger partial charge in [0.25, 0.3) is 5.91 Å². The maximum Gasteiger partial charge on any atom is 0.410 e. The molecule has 0 aliphatic carbocycles. The SMILES string of the molecule is CCn1cc(C(=O)N2CCN(C(=O)OC(C)(C)C)[C@H](C)C2)c2ccc(Br)cc21. The number of carbonyl (C=O) groups excluding carboxylic acids is 2. The Morgan fingerprint density at radius 2 is 1.96 bits per heavy atom. The number of halogens is 1. The quantitative estimate of drug-likeness (QED) is 0.677. The van der Waals surface area contributed by atoms with Crippen LogP contribution in [0.1, 0.15) is 45.0 Å². The van der Waals surface area contributed by atoms with Crippen molar-refractivity contribution in [2.75, 3.05) is 19.6 Å². The highest BCUT2D eigenvalue weighted by Crippen LogP contribution is 2.27. The number of aryl methyl sites for hydroxylation is 1. The Bertz CT molecular complexity index is 900. The van der Waals surface area contributed by atoms with E-state index >= 15 is 0 Å². The first-order valence-electron chi connectivity index (χ1n) is 9.68. The fourth-order valence-corrected chi connectivity index (χ4v) is 3.95. The zero-order valence-corrected chi connectivity index (χ0v) is 18.7. The van der Waals surface area contributed by atoms with Crippen LogP contribution in [0.25, 0.3) is 10.9 Å². The highest BCUT2D eigenvalue weighted by molar-refractivity contribution is 9.10. The first kappa shape index (κ1) is 20.7. The molecule has 0 unspecified atom stereocenters. The maximum atomic E-state index is 13.2. The van der Waals surface area contributed by atoms with E-state index in [2.05, 4.69) is 27.4 Å². The van der Waals surface area contributed by atoms with E-state index in [1.54, 1.807) is 4.90 Å². The number of aromatic nitrogens is 1. The molecule has 1 atom stereocenters. The van der Waals surface area contributed by atoms with E-state index in [1.165, 1.54) is 0 Å². The van der Waals surface area contributed by atoms with Crippen molar-refractivity contribution in [3.8, 4) is 0 Å². The van der Waals surface area contributed by atoms with Crippen molar-refractivity contribution in [2.24, 2.45) is 0 Å². The molecular weight excluding hydrogens is 422 g/mol. The number of nitrogens with zero attached hydrogens (tertiary/aromatic N) is 3. The fourth-order valence-electron chi connectivity index (χ4n) is 3.60. The Balaban J connectivity index is 1.78. The van der Waals surface area contributed by atoms with Gasteiger partial charge in [0.05, 0.1) is 5.56 Å². The molecule has 0 radical (unpaired) electrons. The van der Waals surface area contributed by atoms with E-state index in [4.69, 9.17) is 4.74 Å². The van der Waals surface area contributed by atoms with Crippen LogP contribution in [0.15, 0.2) is 28.9 Å². The third-order valence-electron chi connectivity index (χ3n) is 4.96. The molecule has 1 aromatic carbocycles. The second-order valence-corrected chi connectivity index (χ2v) is 9.18. The molecule has 0 bridgehead atoms. The van der Waals surface area contributed by atoms with Gasteiger partial charge >= 0.3 is 6.09 Å². The van der Waals surface area contributed by atoms with E-state index in [0.29, 0.717) is 25.2 Å². The van der Waals surface area contributed by atoms with Crippen LogP contribution in [-0.4, -0.2) is 57.6 Å². The lowest BCUT2D eigenvalue weighted by molar-refractivity contribution is 0.00201. The van der Waals surface area contributed by atoms with Gasteiger partial charge in [0.1, 0.15) is 5.60 Å². The average molecular weight is 450 g/mol. The molecule has 3 rings (SSSR count). The van der Waals surface area contributed by atoms with Gasteiger partial charge in [-0.25, -0.2) is 4.79 Å². The predicted octanol–water partition coefficient (Wildman–Crippen LogP) is 4.51. The third-order valence-corrected chi connectivity index (χ3v) is 5.45. The van der Waals surface area contributed by atoms with Crippen molar-refractivity contribution in [3.05, 3.63) is 34.4 Å². The minimum absolute atomic E-state index is 0.00945. The van der Waals surface area contributed by atoms with Gasteiger partial charge in [-0.2, -0.15) is 0 Å². The summed E-state index contributed by atoms with van der Waals surface area (Å²) in [6.45, 7) is 11.9. The molecule has 2 amide bonds. The molecule has 1 aliphatic rings. The fraction of sp³-hybridized carbons (Fsp3) is 0.524. The largest absolute Gasteiger partial charge is 0.444 e. The van der Waals surface area contributed by atoms with Crippen LogP contribution >= 0.6 is 15.9 Å². The normalized spacial score (nSPS) is 17.9. The Labute approximate surface area is 174 Å². The van der Waals surface area contributed by atoms with E-state index in [0.717, 1.165) is 21.9 Å². The number of carbonyl (C=O) groups is 2. The Kier molecular flexibility index (Phi) is 5.75. The monoisotopic (exact) mass is 449 g/mol. The number of benzene rings is 1. The van der Waals surface area contributed by atoms with Gasteiger partial charge in [-0.1, -0.05) is 22.0 Å². The number of ether oxygens (including phenoxy) is 1. The highest BCUT2D eigenvalue weighted by atomic mass is 79.9. The first-order valence-corrected chi connectivity index (χ1v) is 10.5. The van der Waals surface area contributed by atoms with Crippen LogP contribution in [0.3, 0.4) is 0 Å². The molecule has 1 aliphatic heterocycles. The van der Waals surface area contributed by atoms with Crippen molar-refractivity contribution >= 4 is 38.8 Å². The van der Waals surface area contributed by atoms with E-state index in [1.807, 2.05) is 57.0 Å². The summed E-state index contributed by atoms with van der Waals surface area (Å²) in [4.78, 5) is 29.2. The number of hydrogen-bond donors (Lipinski definition) is 0. The summed E-state index contributed by atoms with van der Waals surface area (Å²) in [5.74, 6) is 0.00945. The lowest BCUT2D eigenvalue weighted by atomic mass is 10.1. The van der Waals surface area contributed by atoms with Gasteiger partial charge in [-0.05, 0) is 46.8 Å². The molecule has 1 saturated heterocycles. The van der Waals surface area contributed by atoms with Crippen LogP contribution in [0.4, 0.5) is 4.79 Å². The summed E-state index contributed by atoms with van der Waals surface area (Å²) < 4.78 is 8.57. The number of piperazine rings is 1. The molecule has 1 aromatic heterocycles. The van der Waals surface area contributed by atoms with Crippen LogP contribution in [0.2, 0.25) is 0 Å². The number of fused-ring (bicyclic) bond motifs is 1. The van der Waals surface area contributed by atoms with E-state index < -0.39 is 5.60 Å². The lowest BCUT2D eigenvalue weighted by Gasteiger charge is -2.40. The van der Waals surface area contributed by atoms with Crippen LogP contribution < -0.4 is 0 Å². The predicted molar refractivity (Wildman–Crippen MR) is 114 cm³/mol. The van der Waals surface area contributed by atoms with Gasteiger partial charge in [-0.3, -0.25) is 4.79 Å². The number of amides is 2. The van der Waals surface area contributed by atoms with Gasteiger partial charge in [0.2, 0.25) is 0 Å². The van der Waals surface area contributed by atoms with E-state index in [-0.39, 0.29) is 18.0 Å². The minimum Gasteiger partial charge on any atom is -0.444 e. The Morgan fingerprint density at radius 3 is 2.57 bits per heavy atom. The van der Waals surface area contributed by atoms with Gasteiger partial charge in [0, 0.05) is 53.8 Å². The molecule has 0 N–H and O–H groups in total. The average Bonchev–Trinajstić information content (AvgIpc) is 2.97. The summed E-state index contributed by atoms with van der Waals surface area (Å²) in [5, 5.41) is 0.956. The minimum atomic E-state index is -0.528. The second-order valence-electron chi connectivity index (χ2n) is 8.26. The first-order chi connectivity index (χ1) is 13.1. The Morgan fingerprint density at radius 1 is 1.25 bits per heavy atom. The molecule has 0 spiro atoms. The van der Waals surface area contributed by atoms with Crippen LogP contribution in [0.5, 0.6) is 0 Å². The lowest BCUT2D eigenvalue weighted by Crippen LogP contribution is -2.56. The van der Waals surface area contributed by atoms with Crippen molar-refractivity contribution in [1.29, 1.82) is 0 Å². The molecule has 28 heavy (non-hydrogen) atoms. The van der Waals surface area contributed by atoms with Crippen molar-refractivity contribution in [1.82, 2.24) is 14.4 Å². The topological polar surface area (TPSA) is 54.8 Å². The van der Waals surface area contributed by atoms with Crippen molar-refractivity contribution in [3.63, 3.8) is 0 Å². The van der Waals surface area contributed by atoms with Crippen LogP contribution in [0, 0.1) is 0 Å². The molecule has 152 valence electrons. The van der Waals surface area contributed by atoms with Crippen molar-refractivity contribution in [2.45, 2.75) is 52.8 Å². The van der Waals surface area contributed by atoms with E-state index in [9.17, 15) is 9.59 Å². The molecule has 7 heteroatoms. The summed E-state index contributed by atoms with van der Waals surface area (Å²) in [5.41, 5.74) is 1.22. The van der Waals surface area contributed by atoms with Crippen LogP contribution in [-0.2, 0) is 11.3 Å². The molecular formula is C21H28BrN3O3. The number of rotatable bonds is 2. The summed E-state index contributed by atoms with van der Waals surface area (Å²) in [7, 11) is 0. The summed E-state index contributed by atoms with van der Waals surface area (Å²) in [6.07, 6.45) is 1.61. The summed E-state index contributed by atoms with van der Waals surface area (Å²) >= 11 is 3.51. The molecule has 6 nitrogen and oxygen atoms in total. The van der Waals surface area contributed by atoms with Gasteiger partial charge < -0.3 is 19.1 Å².